The van der Waals surface area contributed by atoms with Crippen LogP contribution in [0.4, 0.5) is 11.6 Å². The molecule has 3 heterocycles. The van der Waals surface area contributed by atoms with Gasteiger partial charge in [-0.1, -0.05) is 36.4 Å². The summed E-state index contributed by atoms with van der Waals surface area (Å²) in [5.41, 5.74) is 3.19. The Balaban J connectivity index is 1.48. The number of aryl methyl sites for hydroxylation is 1. The summed E-state index contributed by atoms with van der Waals surface area (Å²) in [5.74, 6) is 2.03. The van der Waals surface area contributed by atoms with E-state index in [9.17, 15) is 0 Å². The second-order valence-corrected chi connectivity index (χ2v) is 6.26. The quantitative estimate of drug-likeness (QED) is 0.737. The van der Waals surface area contributed by atoms with E-state index in [2.05, 4.69) is 56.2 Å². The number of aromatic nitrogens is 3. The molecular formula is C20H21N5. The third-order valence-corrected chi connectivity index (χ3v) is 4.58. The normalized spacial score (nSPS) is 14.6. The maximum atomic E-state index is 4.52. The first-order chi connectivity index (χ1) is 12.3. The van der Waals surface area contributed by atoms with Crippen LogP contribution in [0, 0.1) is 6.92 Å². The van der Waals surface area contributed by atoms with E-state index in [1.54, 1.807) is 0 Å². The lowest BCUT2D eigenvalue weighted by molar-refractivity contribution is 0.637. The van der Waals surface area contributed by atoms with Crippen molar-refractivity contribution < 1.29 is 0 Å². The fourth-order valence-electron chi connectivity index (χ4n) is 3.23. The Kier molecular flexibility index (Phi) is 4.29. The van der Waals surface area contributed by atoms with Crippen molar-refractivity contribution in [3.63, 3.8) is 0 Å². The molecule has 0 radical (unpaired) electrons. The van der Waals surface area contributed by atoms with Crippen molar-refractivity contribution in [1.82, 2.24) is 15.2 Å². The highest BCUT2D eigenvalue weighted by molar-refractivity contribution is 5.62. The van der Waals surface area contributed by atoms with Gasteiger partial charge >= 0.3 is 0 Å². The molecule has 0 aliphatic carbocycles. The van der Waals surface area contributed by atoms with E-state index in [-0.39, 0.29) is 0 Å². The van der Waals surface area contributed by atoms with Crippen LogP contribution in [0.15, 0.2) is 60.8 Å². The van der Waals surface area contributed by atoms with Gasteiger partial charge in [0.05, 0.1) is 5.69 Å². The maximum Gasteiger partial charge on any atom is 0.154 e. The summed E-state index contributed by atoms with van der Waals surface area (Å²) in [7, 11) is 0. The number of pyridine rings is 1. The van der Waals surface area contributed by atoms with Crippen LogP contribution in [0.5, 0.6) is 0 Å². The molecule has 1 aliphatic heterocycles. The number of benzene rings is 1. The molecule has 0 amide bonds. The molecule has 0 saturated carbocycles. The van der Waals surface area contributed by atoms with Gasteiger partial charge in [-0.15, -0.1) is 10.2 Å². The maximum absolute atomic E-state index is 4.52. The lowest BCUT2D eigenvalue weighted by Crippen LogP contribution is -2.47. The van der Waals surface area contributed by atoms with Crippen LogP contribution in [0.2, 0.25) is 0 Å². The van der Waals surface area contributed by atoms with E-state index >= 15 is 0 Å². The highest BCUT2D eigenvalue weighted by Gasteiger charge is 2.20. The summed E-state index contributed by atoms with van der Waals surface area (Å²) in [5, 5.41) is 8.96. The second-order valence-electron chi connectivity index (χ2n) is 6.26. The summed E-state index contributed by atoms with van der Waals surface area (Å²) in [6.07, 6.45) is 1.85. The Morgan fingerprint density at radius 3 is 2.20 bits per heavy atom. The van der Waals surface area contributed by atoms with Gasteiger partial charge in [0.1, 0.15) is 5.82 Å². The number of piperazine rings is 1. The zero-order valence-electron chi connectivity index (χ0n) is 14.3. The second kappa shape index (κ2) is 6.89. The van der Waals surface area contributed by atoms with E-state index in [0.717, 1.165) is 49.1 Å². The van der Waals surface area contributed by atoms with E-state index in [1.807, 2.05) is 36.5 Å². The predicted molar refractivity (Wildman–Crippen MR) is 101 cm³/mol. The Hall–Kier alpha value is -2.95. The van der Waals surface area contributed by atoms with Crippen LogP contribution in [-0.2, 0) is 0 Å². The molecule has 3 aromatic rings. The van der Waals surface area contributed by atoms with Crippen LogP contribution in [0.25, 0.3) is 11.3 Å². The zero-order chi connectivity index (χ0) is 17.1. The lowest BCUT2D eigenvalue weighted by Gasteiger charge is -2.36. The van der Waals surface area contributed by atoms with Gasteiger partial charge in [0.25, 0.3) is 0 Å². The molecule has 0 unspecified atom stereocenters. The SMILES string of the molecule is Cc1cc(-c2ccccc2)nnc1N1CCN(c2ccccn2)CC1. The lowest BCUT2D eigenvalue weighted by atomic mass is 10.1. The molecule has 25 heavy (non-hydrogen) atoms. The van der Waals surface area contributed by atoms with Gasteiger partial charge in [0.15, 0.2) is 5.82 Å². The van der Waals surface area contributed by atoms with E-state index in [1.165, 1.54) is 5.56 Å². The number of hydrogen-bond acceptors (Lipinski definition) is 5. The van der Waals surface area contributed by atoms with Crippen molar-refractivity contribution >= 4 is 11.6 Å². The van der Waals surface area contributed by atoms with Crippen molar-refractivity contribution in [3.05, 3.63) is 66.4 Å². The molecule has 1 saturated heterocycles. The third-order valence-electron chi connectivity index (χ3n) is 4.58. The van der Waals surface area contributed by atoms with Crippen LogP contribution in [0.1, 0.15) is 5.56 Å². The fourth-order valence-corrected chi connectivity index (χ4v) is 3.23. The summed E-state index contributed by atoms with van der Waals surface area (Å²) in [4.78, 5) is 9.08. The Morgan fingerprint density at radius 2 is 1.52 bits per heavy atom. The molecule has 0 atom stereocenters. The summed E-state index contributed by atoms with van der Waals surface area (Å²) < 4.78 is 0. The molecule has 126 valence electrons. The van der Waals surface area contributed by atoms with Gasteiger partial charge in [-0.25, -0.2) is 4.98 Å². The molecule has 0 bridgehead atoms. The molecule has 5 heteroatoms. The molecule has 1 aromatic carbocycles. The summed E-state index contributed by atoms with van der Waals surface area (Å²) >= 11 is 0. The van der Waals surface area contributed by atoms with Gasteiger partial charge in [0, 0.05) is 37.9 Å². The standard InChI is InChI=1S/C20H21N5/c1-16-15-18(17-7-3-2-4-8-17)22-23-20(16)25-13-11-24(12-14-25)19-9-5-6-10-21-19/h2-10,15H,11-14H2,1H3. The topological polar surface area (TPSA) is 45.2 Å². The molecule has 1 fully saturated rings. The zero-order valence-corrected chi connectivity index (χ0v) is 14.3. The van der Waals surface area contributed by atoms with Crippen LogP contribution in [-0.4, -0.2) is 41.4 Å². The van der Waals surface area contributed by atoms with Crippen LogP contribution in [0.3, 0.4) is 0 Å². The van der Waals surface area contributed by atoms with E-state index in [0.29, 0.717) is 0 Å². The molecular weight excluding hydrogens is 310 g/mol. The van der Waals surface area contributed by atoms with Crippen molar-refractivity contribution in [2.24, 2.45) is 0 Å². The van der Waals surface area contributed by atoms with Crippen molar-refractivity contribution in [3.8, 4) is 11.3 Å². The molecule has 2 aromatic heterocycles. The predicted octanol–water partition coefficient (Wildman–Crippen LogP) is 3.17. The largest absolute Gasteiger partial charge is 0.353 e. The Labute approximate surface area is 148 Å². The average molecular weight is 331 g/mol. The molecule has 0 spiro atoms. The minimum atomic E-state index is 0.925. The third kappa shape index (κ3) is 3.31. The monoisotopic (exact) mass is 331 g/mol. The fraction of sp³-hybridized carbons (Fsp3) is 0.250. The van der Waals surface area contributed by atoms with Crippen molar-refractivity contribution in [2.75, 3.05) is 36.0 Å². The molecule has 4 rings (SSSR count). The Morgan fingerprint density at radius 1 is 0.800 bits per heavy atom. The van der Waals surface area contributed by atoms with Gasteiger partial charge in [-0.3, -0.25) is 0 Å². The smallest absolute Gasteiger partial charge is 0.154 e. The summed E-state index contributed by atoms with van der Waals surface area (Å²) in [6, 6.07) is 18.4. The summed E-state index contributed by atoms with van der Waals surface area (Å²) in [6.45, 7) is 5.85. The number of hydrogen-bond donors (Lipinski definition) is 0. The minimum Gasteiger partial charge on any atom is -0.353 e. The van der Waals surface area contributed by atoms with Gasteiger partial charge in [0.2, 0.25) is 0 Å². The minimum absolute atomic E-state index is 0.925. The molecule has 0 N–H and O–H groups in total. The molecule has 5 nitrogen and oxygen atoms in total. The number of nitrogens with zero attached hydrogens (tertiary/aromatic N) is 5. The Bertz CT molecular complexity index is 827. The van der Waals surface area contributed by atoms with Gasteiger partial charge in [-0.2, -0.15) is 0 Å². The van der Waals surface area contributed by atoms with Crippen LogP contribution >= 0.6 is 0 Å². The number of rotatable bonds is 3. The first-order valence-corrected chi connectivity index (χ1v) is 8.62. The van der Waals surface area contributed by atoms with Gasteiger partial charge < -0.3 is 9.80 Å². The number of anilines is 2. The first-order valence-electron chi connectivity index (χ1n) is 8.62. The first kappa shape index (κ1) is 15.6. The van der Waals surface area contributed by atoms with E-state index in [4.69, 9.17) is 0 Å². The average Bonchev–Trinajstić information content (AvgIpc) is 2.69. The molecule has 1 aliphatic rings. The highest BCUT2D eigenvalue weighted by Crippen LogP contribution is 2.24. The van der Waals surface area contributed by atoms with Crippen LogP contribution < -0.4 is 9.80 Å². The highest BCUT2D eigenvalue weighted by atomic mass is 15.3. The van der Waals surface area contributed by atoms with Gasteiger partial charge in [-0.05, 0) is 30.7 Å². The van der Waals surface area contributed by atoms with Crippen molar-refractivity contribution in [1.29, 1.82) is 0 Å². The van der Waals surface area contributed by atoms with E-state index < -0.39 is 0 Å². The van der Waals surface area contributed by atoms with Crippen molar-refractivity contribution in [2.45, 2.75) is 6.92 Å².